The van der Waals surface area contributed by atoms with Crippen molar-refractivity contribution in [2.45, 2.75) is 32.6 Å². The van der Waals surface area contributed by atoms with Crippen molar-refractivity contribution in [3.63, 3.8) is 0 Å². The number of hydrazine groups is 1. The molecule has 2 aromatic carbocycles. The van der Waals surface area contributed by atoms with Crippen molar-refractivity contribution in [3.8, 4) is 11.5 Å². The fourth-order valence-electron chi connectivity index (χ4n) is 2.81. The van der Waals surface area contributed by atoms with Crippen molar-refractivity contribution in [2.75, 3.05) is 26.1 Å². The summed E-state index contributed by atoms with van der Waals surface area (Å²) in [6.45, 7) is 2.87. The molecule has 4 N–H and O–H groups in total. The van der Waals surface area contributed by atoms with Crippen LogP contribution in [0.1, 0.15) is 30.9 Å². The zero-order chi connectivity index (χ0) is 21.8. The highest BCUT2D eigenvalue weighted by Gasteiger charge is 2.05. The maximum Gasteiger partial charge on any atom is 0.189 e. The maximum atomic E-state index is 5.33. The molecule has 0 heterocycles. The molecule has 0 unspecified atom stereocenters. The number of nitrogens with one attached hydrogen (secondary N) is 4. The van der Waals surface area contributed by atoms with Crippen LogP contribution in [-0.4, -0.2) is 31.0 Å². The molecular formula is C22H30N4O2S2. The van der Waals surface area contributed by atoms with Crippen molar-refractivity contribution in [3.05, 3.63) is 53.6 Å². The lowest BCUT2D eigenvalue weighted by Gasteiger charge is -2.15. The van der Waals surface area contributed by atoms with Gasteiger partial charge in [0.1, 0.15) is 0 Å². The summed E-state index contributed by atoms with van der Waals surface area (Å²) in [4.78, 5) is 0. The Kier molecular flexibility index (Phi) is 10.2. The van der Waals surface area contributed by atoms with E-state index in [-0.39, 0.29) is 0 Å². The van der Waals surface area contributed by atoms with Gasteiger partial charge in [-0.2, -0.15) is 0 Å². The number of aryl methyl sites for hydroxylation is 1. The Morgan fingerprint density at radius 2 is 1.50 bits per heavy atom. The predicted octanol–water partition coefficient (Wildman–Crippen LogP) is 3.95. The Hall–Kier alpha value is -2.58. The minimum atomic E-state index is 0.445. The summed E-state index contributed by atoms with van der Waals surface area (Å²) in [6, 6.07) is 14.2. The van der Waals surface area contributed by atoms with E-state index < -0.39 is 0 Å². The largest absolute Gasteiger partial charge is 0.493 e. The standard InChI is InChI=1S/C22H30N4O2S2/c1-4-5-6-16-7-10-18(11-8-16)24-22(30)26-25-21(29)23-14-13-17-9-12-19(27-2)20(15-17)28-3/h7-12,15H,4-6,13-14H2,1-3H3,(H2,23,25,29)(H2,24,26,30). The van der Waals surface area contributed by atoms with Crippen LogP contribution in [-0.2, 0) is 12.8 Å². The molecule has 0 atom stereocenters. The fourth-order valence-corrected chi connectivity index (χ4v) is 3.13. The van der Waals surface area contributed by atoms with E-state index in [1.54, 1.807) is 14.2 Å². The number of thiocarbonyl (C=S) groups is 2. The van der Waals surface area contributed by atoms with Crippen LogP contribution in [0.3, 0.4) is 0 Å². The molecule has 2 aromatic rings. The monoisotopic (exact) mass is 446 g/mol. The number of rotatable bonds is 9. The van der Waals surface area contributed by atoms with Crippen molar-refractivity contribution in [1.29, 1.82) is 0 Å². The van der Waals surface area contributed by atoms with Gasteiger partial charge in [-0.15, -0.1) is 0 Å². The average molecular weight is 447 g/mol. The number of hydrogen-bond acceptors (Lipinski definition) is 4. The van der Waals surface area contributed by atoms with E-state index in [2.05, 4.69) is 40.5 Å². The highest BCUT2D eigenvalue weighted by atomic mass is 32.1. The first-order valence-corrected chi connectivity index (χ1v) is 10.8. The lowest BCUT2D eigenvalue weighted by molar-refractivity contribution is 0.354. The third-order valence-corrected chi connectivity index (χ3v) is 4.92. The molecule has 8 heteroatoms. The Morgan fingerprint density at radius 3 is 2.17 bits per heavy atom. The lowest BCUT2D eigenvalue weighted by Crippen LogP contribution is -2.48. The first-order chi connectivity index (χ1) is 14.5. The van der Waals surface area contributed by atoms with E-state index in [1.807, 2.05) is 30.3 Å². The van der Waals surface area contributed by atoms with Gasteiger partial charge < -0.3 is 20.1 Å². The molecule has 0 aromatic heterocycles. The smallest absolute Gasteiger partial charge is 0.189 e. The number of methoxy groups -OCH3 is 2. The van der Waals surface area contributed by atoms with Crippen molar-refractivity contribution < 1.29 is 9.47 Å². The molecule has 0 saturated carbocycles. The van der Waals surface area contributed by atoms with E-state index in [1.165, 1.54) is 18.4 Å². The summed E-state index contributed by atoms with van der Waals surface area (Å²) >= 11 is 10.6. The van der Waals surface area contributed by atoms with Crippen LogP contribution in [0.15, 0.2) is 42.5 Å². The summed E-state index contributed by atoms with van der Waals surface area (Å²) < 4.78 is 10.6. The second-order valence-electron chi connectivity index (χ2n) is 6.70. The molecule has 0 saturated heterocycles. The van der Waals surface area contributed by atoms with Crippen LogP contribution in [0.25, 0.3) is 0 Å². The SMILES string of the molecule is CCCCc1ccc(NC(=S)NNC(=S)NCCc2ccc(OC)c(OC)c2)cc1. The molecule has 0 aliphatic carbocycles. The Balaban J connectivity index is 1.68. The van der Waals surface area contributed by atoms with E-state index in [4.69, 9.17) is 33.9 Å². The molecule has 0 spiro atoms. The first-order valence-electron chi connectivity index (χ1n) is 9.96. The van der Waals surface area contributed by atoms with Crippen LogP contribution in [0.2, 0.25) is 0 Å². The summed E-state index contributed by atoms with van der Waals surface area (Å²) in [5.41, 5.74) is 9.17. The summed E-state index contributed by atoms with van der Waals surface area (Å²) in [5.74, 6) is 1.43. The molecule has 162 valence electrons. The number of ether oxygens (including phenoxy) is 2. The van der Waals surface area contributed by atoms with Gasteiger partial charge in [0, 0.05) is 12.2 Å². The van der Waals surface area contributed by atoms with Gasteiger partial charge in [-0.3, -0.25) is 10.9 Å². The minimum absolute atomic E-state index is 0.445. The fraction of sp³-hybridized carbons (Fsp3) is 0.364. The van der Waals surface area contributed by atoms with Gasteiger partial charge in [-0.1, -0.05) is 31.5 Å². The van der Waals surface area contributed by atoms with Gasteiger partial charge in [0.2, 0.25) is 0 Å². The Morgan fingerprint density at radius 1 is 0.833 bits per heavy atom. The van der Waals surface area contributed by atoms with Crippen LogP contribution in [0.5, 0.6) is 11.5 Å². The zero-order valence-electron chi connectivity index (χ0n) is 17.7. The topological polar surface area (TPSA) is 66.6 Å². The molecule has 0 fully saturated rings. The molecule has 0 radical (unpaired) electrons. The van der Waals surface area contributed by atoms with Gasteiger partial charge in [0.15, 0.2) is 21.7 Å². The normalized spacial score (nSPS) is 10.1. The van der Waals surface area contributed by atoms with Crippen molar-refractivity contribution in [2.24, 2.45) is 0 Å². The Bertz CT molecular complexity index is 828. The summed E-state index contributed by atoms with van der Waals surface area (Å²) in [6.07, 6.45) is 4.29. The number of unbranched alkanes of at least 4 members (excludes halogenated alkanes) is 1. The third-order valence-electron chi connectivity index (χ3n) is 4.47. The average Bonchev–Trinajstić information content (AvgIpc) is 2.77. The van der Waals surface area contributed by atoms with Gasteiger partial charge in [-0.05, 0) is 79.1 Å². The minimum Gasteiger partial charge on any atom is -0.493 e. The van der Waals surface area contributed by atoms with Gasteiger partial charge in [0.05, 0.1) is 14.2 Å². The lowest BCUT2D eigenvalue weighted by atomic mass is 10.1. The molecule has 0 amide bonds. The van der Waals surface area contributed by atoms with Crippen molar-refractivity contribution >= 4 is 40.3 Å². The van der Waals surface area contributed by atoms with Crippen molar-refractivity contribution in [1.82, 2.24) is 16.2 Å². The maximum absolute atomic E-state index is 5.33. The highest BCUT2D eigenvalue weighted by molar-refractivity contribution is 7.80. The molecular weight excluding hydrogens is 416 g/mol. The summed E-state index contributed by atoms with van der Waals surface area (Å²) in [7, 11) is 3.25. The van der Waals surface area contributed by atoms with Gasteiger partial charge in [0.25, 0.3) is 0 Å². The quantitative estimate of drug-likeness (QED) is 0.341. The van der Waals surface area contributed by atoms with E-state index >= 15 is 0 Å². The molecule has 0 aliphatic heterocycles. The van der Waals surface area contributed by atoms with E-state index in [9.17, 15) is 0 Å². The van der Waals surface area contributed by atoms with Crippen LogP contribution in [0, 0.1) is 0 Å². The van der Waals surface area contributed by atoms with Crippen LogP contribution in [0.4, 0.5) is 5.69 Å². The molecule has 0 bridgehead atoms. The number of anilines is 1. The van der Waals surface area contributed by atoms with Crippen LogP contribution < -0.4 is 31.0 Å². The van der Waals surface area contributed by atoms with E-state index in [0.717, 1.165) is 24.1 Å². The molecule has 30 heavy (non-hydrogen) atoms. The molecule has 2 rings (SSSR count). The Labute approximate surface area is 189 Å². The third kappa shape index (κ3) is 8.04. The van der Waals surface area contributed by atoms with Crippen LogP contribution >= 0.6 is 24.4 Å². The highest BCUT2D eigenvalue weighted by Crippen LogP contribution is 2.27. The molecule has 6 nitrogen and oxygen atoms in total. The summed E-state index contributed by atoms with van der Waals surface area (Å²) in [5, 5.41) is 7.18. The first kappa shape index (κ1) is 23.7. The van der Waals surface area contributed by atoms with E-state index in [0.29, 0.717) is 28.3 Å². The van der Waals surface area contributed by atoms with Gasteiger partial charge >= 0.3 is 0 Å². The second-order valence-corrected chi connectivity index (χ2v) is 7.52. The second kappa shape index (κ2) is 12.9. The number of benzene rings is 2. The zero-order valence-corrected chi connectivity index (χ0v) is 19.3. The molecule has 0 aliphatic rings. The predicted molar refractivity (Wildman–Crippen MR) is 131 cm³/mol. The van der Waals surface area contributed by atoms with Gasteiger partial charge in [-0.25, -0.2) is 0 Å². The number of hydrogen-bond donors (Lipinski definition) is 4.